The van der Waals surface area contributed by atoms with Gasteiger partial charge in [0.2, 0.25) is 0 Å². The summed E-state index contributed by atoms with van der Waals surface area (Å²) in [6.45, 7) is 4.68. The number of carbonyl (C=O) groups excluding carboxylic acids is 1. The molecule has 5 nitrogen and oxygen atoms in total. The molecule has 1 N–H and O–H groups in total. The number of anilines is 1. The summed E-state index contributed by atoms with van der Waals surface area (Å²) in [6, 6.07) is 6.03. The van der Waals surface area contributed by atoms with Gasteiger partial charge in [0, 0.05) is 17.2 Å². The van der Waals surface area contributed by atoms with E-state index >= 15 is 0 Å². The zero-order chi connectivity index (χ0) is 15.4. The molecule has 21 heavy (non-hydrogen) atoms. The van der Waals surface area contributed by atoms with E-state index in [9.17, 15) is 4.79 Å². The number of benzene rings is 1. The molecule has 0 saturated carbocycles. The smallest absolute Gasteiger partial charge is 0.341 e. The lowest BCUT2D eigenvalue weighted by molar-refractivity contribution is 0.0525. The van der Waals surface area contributed by atoms with Gasteiger partial charge in [-0.05, 0) is 31.5 Å². The maximum Gasteiger partial charge on any atom is 0.341 e. The average molecular weight is 352 g/mol. The molecule has 112 valence electrons. The molecule has 0 unspecified atom stereocenters. The third kappa shape index (κ3) is 3.64. The number of hydrogen-bond acceptors (Lipinski definition) is 4. The standard InChI is InChI=1S/C15H18BrN3O2/c1-4-21-15(20)12-8-18-19(3)14(12)9-17-13-7-11(16)6-5-10(13)2/h5-8,17H,4,9H2,1-3H3. The van der Waals surface area contributed by atoms with Gasteiger partial charge in [-0.1, -0.05) is 22.0 Å². The number of nitrogens with one attached hydrogen (secondary N) is 1. The van der Waals surface area contributed by atoms with Crippen molar-refractivity contribution < 1.29 is 9.53 Å². The second kappa shape index (κ2) is 6.76. The Morgan fingerprint density at radius 2 is 2.24 bits per heavy atom. The molecule has 2 aromatic rings. The van der Waals surface area contributed by atoms with Crippen LogP contribution in [0.2, 0.25) is 0 Å². The minimum absolute atomic E-state index is 0.339. The molecule has 0 radical (unpaired) electrons. The van der Waals surface area contributed by atoms with E-state index < -0.39 is 0 Å². The Morgan fingerprint density at radius 3 is 2.95 bits per heavy atom. The van der Waals surface area contributed by atoms with Crippen molar-refractivity contribution in [2.75, 3.05) is 11.9 Å². The molecule has 1 heterocycles. The summed E-state index contributed by atoms with van der Waals surface area (Å²) in [4.78, 5) is 11.9. The van der Waals surface area contributed by atoms with Crippen molar-refractivity contribution in [2.24, 2.45) is 7.05 Å². The molecule has 0 saturated heterocycles. The highest BCUT2D eigenvalue weighted by atomic mass is 79.9. The Kier molecular flexibility index (Phi) is 5.01. The molecule has 0 atom stereocenters. The number of halogens is 1. The van der Waals surface area contributed by atoms with Crippen molar-refractivity contribution in [3.63, 3.8) is 0 Å². The van der Waals surface area contributed by atoms with Gasteiger partial charge in [-0.2, -0.15) is 5.10 Å². The number of hydrogen-bond donors (Lipinski definition) is 1. The van der Waals surface area contributed by atoms with Crippen molar-refractivity contribution in [3.8, 4) is 0 Å². The fraction of sp³-hybridized carbons (Fsp3) is 0.333. The zero-order valence-corrected chi connectivity index (χ0v) is 13.9. The molecule has 6 heteroatoms. The number of aromatic nitrogens is 2. The number of rotatable bonds is 5. The monoisotopic (exact) mass is 351 g/mol. The molecule has 0 fully saturated rings. The van der Waals surface area contributed by atoms with Crippen LogP contribution in [0.3, 0.4) is 0 Å². The summed E-state index contributed by atoms with van der Waals surface area (Å²) in [7, 11) is 1.81. The molecule has 0 aliphatic rings. The van der Waals surface area contributed by atoms with Crippen LogP contribution < -0.4 is 5.32 Å². The molecule has 0 spiro atoms. The number of nitrogens with zero attached hydrogens (tertiary/aromatic N) is 2. The molecule has 0 aliphatic carbocycles. The highest BCUT2D eigenvalue weighted by Crippen LogP contribution is 2.21. The van der Waals surface area contributed by atoms with Crippen LogP contribution in [0.4, 0.5) is 5.69 Å². The van der Waals surface area contributed by atoms with E-state index in [0.29, 0.717) is 18.7 Å². The Bertz CT molecular complexity index is 652. The summed E-state index contributed by atoms with van der Waals surface area (Å²) >= 11 is 3.46. The molecular weight excluding hydrogens is 334 g/mol. The maximum absolute atomic E-state index is 11.9. The van der Waals surface area contributed by atoms with Crippen LogP contribution in [-0.2, 0) is 18.3 Å². The molecule has 1 aromatic carbocycles. The van der Waals surface area contributed by atoms with Crippen LogP contribution in [0.25, 0.3) is 0 Å². The van der Waals surface area contributed by atoms with Gasteiger partial charge in [0.25, 0.3) is 0 Å². The number of aryl methyl sites for hydroxylation is 2. The van der Waals surface area contributed by atoms with Crippen LogP contribution in [0.5, 0.6) is 0 Å². The van der Waals surface area contributed by atoms with Crippen LogP contribution in [0.15, 0.2) is 28.9 Å². The van der Waals surface area contributed by atoms with Crippen molar-refractivity contribution in [1.29, 1.82) is 0 Å². The van der Waals surface area contributed by atoms with Crippen LogP contribution >= 0.6 is 15.9 Å². The van der Waals surface area contributed by atoms with Gasteiger partial charge in [-0.15, -0.1) is 0 Å². The van der Waals surface area contributed by atoms with Gasteiger partial charge < -0.3 is 10.1 Å². The SMILES string of the molecule is CCOC(=O)c1cnn(C)c1CNc1cc(Br)ccc1C. The first-order chi connectivity index (χ1) is 10.0. The predicted octanol–water partition coefficient (Wildman–Crippen LogP) is 3.28. The van der Waals surface area contributed by atoms with Crippen molar-refractivity contribution in [2.45, 2.75) is 20.4 Å². The lowest BCUT2D eigenvalue weighted by Crippen LogP contribution is -2.12. The first-order valence-electron chi connectivity index (χ1n) is 6.71. The van der Waals surface area contributed by atoms with E-state index in [1.165, 1.54) is 0 Å². The average Bonchev–Trinajstić information content (AvgIpc) is 2.81. The minimum Gasteiger partial charge on any atom is -0.462 e. The highest BCUT2D eigenvalue weighted by Gasteiger charge is 2.17. The Labute approximate surface area is 132 Å². The summed E-state index contributed by atoms with van der Waals surface area (Å²) in [6.07, 6.45) is 1.54. The third-order valence-electron chi connectivity index (χ3n) is 3.20. The van der Waals surface area contributed by atoms with Gasteiger partial charge in [-0.25, -0.2) is 4.79 Å². The van der Waals surface area contributed by atoms with Gasteiger partial charge in [0.05, 0.1) is 25.0 Å². The van der Waals surface area contributed by atoms with Crippen molar-refractivity contribution in [1.82, 2.24) is 9.78 Å². The minimum atomic E-state index is -0.339. The molecule has 0 amide bonds. The molecular formula is C15H18BrN3O2. The van der Waals surface area contributed by atoms with Gasteiger partial charge in [0.15, 0.2) is 0 Å². The Balaban J connectivity index is 2.18. The Morgan fingerprint density at radius 1 is 1.48 bits per heavy atom. The highest BCUT2D eigenvalue weighted by molar-refractivity contribution is 9.10. The first kappa shape index (κ1) is 15.6. The summed E-state index contributed by atoms with van der Waals surface area (Å²) in [5.74, 6) is -0.339. The first-order valence-corrected chi connectivity index (χ1v) is 7.50. The maximum atomic E-state index is 11.9. The van der Waals surface area contributed by atoms with Crippen LogP contribution in [0, 0.1) is 6.92 Å². The van der Waals surface area contributed by atoms with Gasteiger partial charge in [-0.3, -0.25) is 4.68 Å². The topological polar surface area (TPSA) is 56.1 Å². The van der Waals surface area contributed by atoms with E-state index in [-0.39, 0.29) is 5.97 Å². The molecule has 0 bridgehead atoms. The van der Waals surface area contributed by atoms with E-state index in [1.807, 2.05) is 32.2 Å². The van der Waals surface area contributed by atoms with Gasteiger partial charge >= 0.3 is 5.97 Å². The molecule has 1 aromatic heterocycles. The number of ether oxygens (including phenoxy) is 1. The quantitative estimate of drug-likeness (QED) is 0.839. The molecule has 0 aliphatic heterocycles. The lowest BCUT2D eigenvalue weighted by atomic mass is 10.2. The van der Waals surface area contributed by atoms with E-state index in [4.69, 9.17) is 4.74 Å². The second-order valence-electron chi connectivity index (χ2n) is 4.66. The Hall–Kier alpha value is -1.82. The second-order valence-corrected chi connectivity index (χ2v) is 5.58. The summed E-state index contributed by atoms with van der Waals surface area (Å²) < 4.78 is 7.74. The zero-order valence-electron chi connectivity index (χ0n) is 12.3. The lowest BCUT2D eigenvalue weighted by Gasteiger charge is -2.11. The van der Waals surface area contributed by atoms with Crippen LogP contribution in [0.1, 0.15) is 28.5 Å². The van der Waals surface area contributed by atoms with Crippen molar-refractivity contribution in [3.05, 3.63) is 45.7 Å². The third-order valence-corrected chi connectivity index (χ3v) is 3.70. The van der Waals surface area contributed by atoms with Crippen molar-refractivity contribution >= 4 is 27.6 Å². The number of esters is 1. The normalized spacial score (nSPS) is 10.5. The summed E-state index contributed by atoms with van der Waals surface area (Å²) in [5.41, 5.74) is 3.45. The fourth-order valence-electron chi connectivity index (χ4n) is 2.02. The predicted molar refractivity (Wildman–Crippen MR) is 85.4 cm³/mol. The summed E-state index contributed by atoms with van der Waals surface area (Å²) in [5, 5.41) is 7.47. The number of carbonyl (C=O) groups is 1. The fourth-order valence-corrected chi connectivity index (χ4v) is 2.38. The molecule has 2 rings (SSSR count). The van der Waals surface area contributed by atoms with Crippen LogP contribution in [-0.4, -0.2) is 22.4 Å². The van der Waals surface area contributed by atoms with E-state index in [1.54, 1.807) is 17.8 Å². The van der Waals surface area contributed by atoms with E-state index in [2.05, 4.69) is 26.3 Å². The van der Waals surface area contributed by atoms with Gasteiger partial charge in [0.1, 0.15) is 5.56 Å². The van der Waals surface area contributed by atoms with E-state index in [0.717, 1.165) is 21.4 Å². The largest absolute Gasteiger partial charge is 0.462 e.